The molecule has 1 fully saturated rings. The first-order chi connectivity index (χ1) is 8.72. The van der Waals surface area contributed by atoms with Gasteiger partial charge >= 0.3 is 0 Å². The zero-order chi connectivity index (χ0) is 12.5. The van der Waals surface area contributed by atoms with E-state index >= 15 is 0 Å². The van der Waals surface area contributed by atoms with Crippen LogP contribution in [0.5, 0.6) is 0 Å². The fourth-order valence-electron chi connectivity index (χ4n) is 2.16. The number of amides is 1. The second-order valence-corrected chi connectivity index (χ2v) is 4.43. The Morgan fingerprint density at radius 3 is 3.11 bits per heavy atom. The quantitative estimate of drug-likeness (QED) is 0.821. The molecule has 0 aromatic carbocycles. The Balaban J connectivity index is 1.70. The van der Waals surface area contributed by atoms with Gasteiger partial charge in [-0.15, -0.1) is 0 Å². The molecule has 1 atom stereocenters. The van der Waals surface area contributed by atoms with Crippen LogP contribution in [0.15, 0.2) is 27.3 Å². The summed E-state index contributed by atoms with van der Waals surface area (Å²) in [6.45, 7) is 2.86. The summed E-state index contributed by atoms with van der Waals surface area (Å²) in [6.07, 6.45) is 2.02. The molecule has 0 N–H and O–H groups in total. The molecular weight excluding hydrogens is 234 g/mol. The van der Waals surface area contributed by atoms with Crippen LogP contribution in [0.4, 0.5) is 0 Å². The summed E-state index contributed by atoms with van der Waals surface area (Å²) < 4.78 is 10.4. The van der Waals surface area contributed by atoms with Gasteiger partial charge in [0.2, 0.25) is 11.8 Å². The molecule has 0 aliphatic carbocycles. The Morgan fingerprint density at radius 1 is 1.56 bits per heavy atom. The molecule has 0 bridgehead atoms. The highest BCUT2D eigenvalue weighted by atomic mass is 16.5. The Bertz CT molecular complexity index is 547. The van der Waals surface area contributed by atoms with Gasteiger partial charge in [0.15, 0.2) is 5.82 Å². The lowest BCUT2D eigenvalue weighted by molar-refractivity contribution is -0.128. The lowest BCUT2D eigenvalue weighted by Gasteiger charge is -2.13. The molecule has 0 radical (unpaired) electrons. The van der Waals surface area contributed by atoms with Crippen molar-refractivity contribution in [2.24, 2.45) is 0 Å². The number of rotatable bonds is 3. The van der Waals surface area contributed by atoms with Gasteiger partial charge in [-0.2, -0.15) is 4.98 Å². The van der Waals surface area contributed by atoms with Crippen LogP contribution < -0.4 is 0 Å². The molecule has 6 heteroatoms. The highest BCUT2D eigenvalue weighted by Crippen LogP contribution is 2.28. The first kappa shape index (κ1) is 11.0. The average Bonchev–Trinajstić information content (AvgIpc) is 3.03. The molecule has 0 unspecified atom stereocenters. The van der Waals surface area contributed by atoms with Crippen LogP contribution in [-0.2, 0) is 11.3 Å². The van der Waals surface area contributed by atoms with Gasteiger partial charge in [-0.05, 0) is 19.1 Å². The van der Waals surface area contributed by atoms with Crippen molar-refractivity contribution in [1.29, 1.82) is 0 Å². The smallest absolute Gasteiger partial charge is 0.232 e. The third-order valence-electron chi connectivity index (χ3n) is 3.03. The van der Waals surface area contributed by atoms with Gasteiger partial charge in [0, 0.05) is 13.0 Å². The van der Waals surface area contributed by atoms with Crippen molar-refractivity contribution in [1.82, 2.24) is 15.0 Å². The van der Waals surface area contributed by atoms with Crippen molar-refractivity contribution >= 4 is 5.91 Å². The van der Waals surface area contributed by atoms with Gasteiger partial charge in [0.05, 0.1) is 18.7 Å². The van der Waals surface area contributed by atoms with Crippen molar-refractivity contribution < 1.29 is 13.7 Å². The maximum absolute atomic E-state index is 11.9. The summed E-state index contributed by atoms with van der Waals surface area (Å²) in [5.41, 5.74) is 0. The summed E-state index contributed by atoms with van der Waals surface area (Å²) in [7, 11) is 0. The van der Waals surface area contributed by atoms with Crippen LogP contribution >= 0.6 is 0 Å². The van der Waals surface area contributed by atoms with E-state index in [1.54, 1.807) is 18.1 Å². The fourth-order valence-corrected chi connectivity index (χ4v) is 2.16. The SMILES string of the molecule is Cc1noc([C@H]2CC(=O)N(Cc3ccco3)C2)n1. The molecular formula is C12H13N3O3. The minimum atomic E-state index is -0.00587. The largest absolute Gasteiger partial charge is 0.467 e. The summed E-state index contributed by atoms with van der Waals surface area (Å²) in [5.74, 6) is 2.01. The molecule has 3 rings (SSSR count). The monoisotopic (exact) mass is 247 g/mol. The van der Waals surface area contributed by atoms with Crippen molar-refractivity contribution in [3.05, 3.63) is 35.9 Å². The minimum Gasteiger partial charge on any atom is -0.467 e. The number of nitrogens with zero attached hydrogens (tertiary/aromatic N) is 3. The summed E-state index contributed by atoms with van der Waals surface area (Å²) in [6, 6.07) is 3.67. The predicted octanol–water partition coefficient (Wildman–Crippen LogP) is 1.49. The third-order valence-corrected chi connectivity index (χ3v) is 3.03. The lowest BCUT2D eigenvalue weighted by atomic mass is 10.1. The maximum Gasteiger partial charge on any atom is 0.232 e. The zero-order valence-corrected chi connectivity index (χ0v) is 10.00. The molecule has 94 valence electrons. The van der Waals surface area contributed by atoms with Gasteiger partial charge in [-0.25, -0.2) is 0 Å². The second-order valence-electron chi connectivity index (χ2n) is 4.43. The standard InChI is InChI=1S/C12H13N3O3/c1-8-13-12(18-14-8)9-5-11(16)15(6-9)7-10-3-2-4-17-10/h2-4,9H,5-7H2,1H3/t9-/m0/s1. The van der Waals surface area contributed by atoms with E-state index in [-0.39, 0.29) is 11.8 Å². The molecule has 0 saturated carbocycles. The van der Waals surface area contributed by atoms with Crippen LogP contribution in [0, 0.1) is 6.92 Å². The Kier molecular flexibility index (Phi) is 2.62. The van der Waals surface area contributed by atoms with E-state index in [1.807, 2.05) is 12.1 Å². The number of hydrogen-bond donors (Lipinski definition) is 0. The first-order valence-electron chi connectivity index (χ1n) is 5.83. The summed E-state index contributed by atoms with van der Waals surface area (Å²) in [4.78, 5) is 17.8. The number of hydrogen-bond acceptors (Lipinski definition) is 5. The molecule has 1 aliphatic heterocycles. The molecule has 0 spiro atoms. The number of carbonyl (C=O) groups is 1. The van der Waals surface area contributed by atoms with Gasteiger partial charge in [0.1, 0.15) is 5.76 Å². The van der Waals surface area contributed by atoms with Crippen molar-refractivity contribution in [3.63, 3.8) is 0 Å². The molecule has 1 saturated heterocycles. The van der Waals surface area contributed by atoms with Crippen molar-refractivity contribution in [2.75, 3.05) is 6.54 Å². The summed E-state index contributed by atoms with van der Waals surface area (Å²) in [5, 5.41) is 3.75. The van der Waals surface area contributed by atoms with Gasteiger partial charge in [-0.3, -0.25) is 4.79 Å². The number of likely N-dealkylation sites (tertiary alicyclic amines) is 1. The topological polar surface area (TPSA) is 72.4 Å². The Labute approximate surface area is 104 Å². The molecule has 1 aliphatic rings. The number of aryl methyl sites for hydroxylation is 1. The molecule has 2 aromatic heterocycles. The van der Waals surface area contributed by atoms with Crippen LogP contribution in [-0.4, -0.2) is 27.5 Å². The highest BCUT2D eigenvalue weighted by Gasteiger charge is 2.34. The van der Waals surface area contributed by atoms with E-state index in [2.05, 4.69) is 10.1 Å². The normalized spacial score (nSPS) is 19.7. The van der Waals surface area contributed by atoms with Crippen LogP contribution in [0.1, 0.15) is 29.8 Å². The van der Waals surface area contributed by atoms with Crippen LogP contribution in [0.2, 0.25) is 0 Å². The zero-order valence-electron chi connectivity index (χ0n) is 10.00. The van der Waals surface area contributed by atoms with Crippen LogP contribution in [0.25, 0.3) is 0 Å². The first-order valence-corrected chi connectivity index (χ1v) is 5.83. The molecule has 6 nitrogen and oxygen atoms in total. The number of aromatic nitrogens is 2. The lowest BCUT2D eigenvalue weighted by Crippen LogP contribution is -2.24. The predicted molar refractivity (Wildman–Crippen MR) is 60.5 cm³/mol. The van der Waals surface area contributed by atoms with Crippen LogP contribution in [0.3, 0.4) is 0 Å². The van der Waals surface area contributed by atoms with E-state index in [4.69, 9.17) is 8.94 Å². The van der Waals surface area contributed by atoms with Crippen molar-refractivity contribution in [3.8, 4) is 0 Å². The average molecular weight is 247 g/mol. The molecule has 2 aromatic rings. The third kappa shape index (κ3) is 2.01. The molecule has 1 amide bonds. The van der Waals surface area contributed by atoms with E-state index < -0.39 is 0 Å². The Morgan fingerprint density at radius 2 is 2.44 bits per heavy atom. The fraction of sp³-hybridized carbons (Fsp3) is 0.417. The number of furan rings is 1. The Hall–Kier alpha value is -2.11. The van der Waals surface area contributed by atoms with Gasteiger partial charge in [-0.1, -0.05) is 5.16 Å². The van der Waals surface area contributed by atoms with E-state index in [1.165, 1.54) is 0 Å². The van der Waals surface area contributed by atoms with E-state index in [0.717, 1.165) is 5.76 Å². The number of carbonyl (C=O) groups excluding carboxylic acids is 1. The minimum absolute atomic E-state index is 0.00587. The van der Waals surface area contributed by atoms with Gasteiger partial charge < -0.3 is 13.8 Å². The van der Waals surface area contributed by atoms with E-state index in [9.17, 15) is 4.79 Å². The summed E-state index contributed by atoms with van der Waals surface area (Å²) >= 11 is 0. The highest BCUT2D eigenvalue weighted by molar-refractivity contribution is 5.79. The van der Waals surface area contributed by atoms with Crippen molar-refractivity contribution in [2.45, 2.75) is 25.8 Å². The molecule has 3 heterocycles. The van der Waals surface area contributed by atoms with E-state index in [0.29, 0.717) is 31.2 Å². The second kappa shape index (κ2) is 4.29. The molecule has 18 heavy (non-hydrogen) atoms. The maximum atomic E-state index is 11.9. The van der Waals surface area contributed by atoms with Gasteiger partial charge in [0.25, 0.3) is 0 Å².